The average molecular weight is 350 g/mol. The second kappa shape index (κ2) is 6.81. The standard InChI is InChI=1S/C17H17ClFN3S/c18-17(8-9-23-16(20)22-17)13-2-1-3-15(10-13)21-11-12-4-6-14(19)7-5-12/h1-7,10,21H,8-9,11H2,(H2,20,22). The summed E-state index contributed by atoms with van der Waals surface area (Å²) in [5.74, 6) is 0.622. The lowest BCUT2D eigenvalue weighted by Crippen LogP contribution is -2.26. The smallest absolute Gasteiger partial charge is 0.162 e. The number of nitrogens with two attached hydrogens (primary N) is 1. The molecule has 3 N–H and O–H groups in total. The van der Waals surface area contributed by atoms with Crippen LogP contribution in [0.5, 0.6) is 0 Å². The van der Waals surface area contributed by atoms with Gasteiger partial charge in [0.1, 0.15) is 5.82 Å². The van der Waals surface area contributed by atoms with Crippen molar-refractivity contribution in [1.82, 2.24) is 0 Å². The molecule has 23 heavy (non-hydrogen) atoms. The number of hydrogen-bond acceptors (Lipinski definition) is 4. The molecule has 1 heterocycles. The Hall–Kier alpha value is -1.72. The summed E-state index contributed by atoms with van der Waals surface area (Å²) in [5.41, 5.74) is 8.69. The van der Waals surface area contributed by atoms with Gasteiger partial charge in [-0.1, -0.05) is 47.6 Å². The highest BCUT2D eigenvalue weighted by Crippen LogP contribution is 2.39. The molecule has 0 spiro atoms. The summed E-state index contributed by atoms with van der Waals surface area (Å²) in [6.45, 7) is 0.611. The zero-order chi connectivity index (χ0) is 16.3. The Morgan fingerprint density at radius 3 is 2.78 bits per heavy atom. The van der Waals surface area contributed by atoms with Crippen molar-refractivity contribution >= 4 is 34.2 Å². The summed E-state index contributed by atoms with van der Waals surface area (Å²) < 4.78 is 12.9. The molecule has 1 aliphatic heterocycles. The van der Waals surface area contributed by atoms with Gasteiger partial charge in [-0.05, 0) is 35.4 Å². The highest BCUT2D eigenvalue weighted by molar-refractivity contribution is 8.13. The lowest BCUT2D eigenvalue weighted by Gasteiger charge is -2.27. The summed E-state index contributed by atoms with van der Waals surface area (Å²) in [6, 6.07) is 14.3. The third-order valence-corrected chi connectivity index (χ3v) is 4.97. The minimum absolute atomic E-state index is 0.231. The van der Waals surface area contributed by atoms with Crippen molar-refractivity contribution in [3.05, 3.63) is 65.5 Å². The summed E-state index contributed by atoms with van der Waals surface area (Å²) in [5, 5.41) is 3.85. The van der Waals surface area contributed by atoms with E-state index in [9.17, 15) is 4.39 Å². The molecule has 0 fully saturated rings. The fraction of sp³-hybridized carbons (Fsp3) is 0.235. The van der Waals surface area contributed by atoms with Crippen molar-refractivity contribution in [3.8, 4) is 0 Å². The molecule has 0 radical (unpaired) electrons. The van der Waals surface area contributed by atoms with Crippen LogP contribution in [0.4, 0.5) is 10.1 Å². The molecule has 0 saturated carbocycles. The fourth-order valence-electron chi connectivity index (χ4n) is 2.44. The highest BCUT2D eigenvalue weighted by atomic mass is 35.5. The second-order valence-corrected chi connectivity index (χ2v) is 7.11. The van der Waals surface area contributed by atoms with Gasteiger partial charge in [-0.3, -0.25) is 0 Å². The van der Waals surface area contributed by atoms with Crippen molar-refractivity contribution in [2.45, 2.75) is 18.0 Å². The van der Waals surface area contributed by atoms with Crippen LogP contribution in [0.25, 0.3) is 0 Å². The van der Waals surface area contributed by atoms with Crippen molar-refractivity contribution in [2.75, 3.05) is 11.1 Å². The van der Waals surface area contributed by atoms with E-state index in [1.54, 1.807) is 12.1 Å². The molecule has 1 atom stereocenters. The Morgan fingerprint density at radius 1 is 1.26 bits per heavy atom. The Kier molecular flexibility index (Phi) is 4.78. The maximum atomic E-state index is 12.9. The van der Waals surface area contributed by atoms with Crippen LogP contribution in [0.1, 0.15) is 17.5 Å². The van der Waals surface area contributed by atoms with E-state index >= 15 is 0 Å². The summed E-state index contributed by atoms with van der Waals surface area (Å²) in [4.78, 5) is 3.62. The number of alkyl halides is 1. The molecule has 1 aliphatic rings. The number of hydrogen-bond donors (Lipinski definition) is 2. The van der Waals surface area contributed by atoms with E-state index < -0.39 is 5.00 Å². The summed E-state index contributed by atoms with van der Waals surface area (Å²) >= 11 is 8.18. The van der Waals surface area contributed by atoms with Crippen LogP contribution in [-0.4, -0.2) is 10.9 Å². The number of halogens is 2. The topological polar surface area (TPSA) is 50.4 Å². The molecule has 120 valence electrons. The zero-order valence-electron chi connectivity index (χ0n) is 12.4. The average Bonchev–Trinajstić information content (AvgIpc) is 2.54. The molecule has 0 bridgehead atoms. The first kappa shape index (κ1) is 16.1. The summed E-state index contributed by atoms with van der Waals surface area (Å²) in [7, 11) is 0. The number of thioether (sulfide) groups is 1. The molecular formula is C17H17ClFN3S. The van der Waals surface area contributed by atoms with Gasteiger partial charge >= 0.3 is 0 Å². The maximum absolute atomic E-state index is 12.9. The zero-order valence-corrected chi connectivity index (χ0v) is 14.0. The van der Waals surface area contributed by atoms with Crippen LogP contribution in [0, 0.1) is 5.82 Å². The number of benzene rings is 2. The molecule has 2 aromatic rings. The largest absolute Gasteiger partial charge is 0.381 e. The number of amidine groups is 1. The Labute approximate surface area is 144 Å². The quantitative estimate of drug-likeness (QED) is 0.639. The number of aliphatic imine (C=N–C) groups is 1. The number of nitrogens with one attached hydrogen (secondary N) is 1. The highest BCUT2D eigenvalue weighted by Gasteiger charge is 2.32. The lowest BCUT2D eigenvalue weighted by atomic mass is 10.0. The van der Waals surface area contributed by atoms with Crippen LogP contribution < -0.4 is 11.1 Å². The molecule has 3 nitrogen and oxygen atoms in total. The van der Waals surface area contributed by atoms with E-state index in [-0.39, 0.29) is 5.82 Å². The van der Waals surface area contributed by atoms with Gasteiger partial charge in [-0.2, -0.15) is 0 Å². The monoisotopic (exact) mass is 349 g/mol. The number of nitrogens with zero attached hydrogens (tertiary/aromatic N) is 1. The van der Waals surface area contributed by atoms with Gasteiger partial charge < -0.3 is 11.1 Å². The molecular weight excluding hydrogens is 333 g/mol. The number of anilines is 1. The van der Waals surface area contributed by atoms with E-state index in [0.717, 1.165) is 29.0 Å². The van der Waals surface area contributed by atoms with Gasteiger partial charge in [0.15, 0.2) is 10.2 Å². The van der Waals surface area contributed by atoms with Gasteiger partial charge in [0.05, 0.1) is 0 Å². The van der Waals surface area contributed by atoms with Gasteiger partial charge in [-0.15, -0.1) is 0 Å². The van der Waals surface area contributed by atoms with Gasteiger partial charge in [0.25, 0.3) is 0 Å². The predicted molar refractivity (Wildman–Crippen MR) is 96.4 cm³/mol. The van der Waals surface area contributed by atoms with Crippen LogP contribution in [0.2, 0.25) is 0 Å². The fourth-order valence-corrected chi connectivity index (χ4v) is 3.73. The van der Waals surface area contributed by atoms with Crippen LogP contribution in [0.3, 0.4) is 0 Å². The minimum Gasteiger partial charge on any atom is -0.381 e. The van der Waals surface area contributed by atoms with Gasteiger partial charge in [0.2, 0.25) is 0 Å². The summed E-state index contributed by atoms with van der Waals surface area (Å²) in [6.07, 6.45) is 0.737. The van der Waals surface area contributed by atoms with Crippen LogP contribution in [-0.2, 0) is 11.5 Å². The van der Waals surface area contributed by atoms with Gasteiger partial charge in [0, 0.05) is 24.4 Å². The van der Waals surface area contributed by atoms with E-state index in [4.69, 9.17) is 17.3 Å². The lowest BCUT2D eigenvalue weighted by molar-refractivity contribution is 0.622. The molecule has 3 rings (SSSR count). The van der Waals surface area contributed by atoms with Crippen molar-refractivity contribution in [2.24, 2.45) is 10.7 Å². The SMILES string of the molecule is NC1=NC(Cl)(c2cccc(NCc3ccc(F)cc3)c2)CCS1. The molecule has 1 unspecified atom stereocenters. The Morgan fingerprint density at radius 2 is 2.04 bits per heavy atom. The second-order valence-electron chi connectivity index (χ2n) is 5.37. The van der Waals surface area contributed by atoms with Crippen LogP contribution >= 0.6 is 23.4 Å². The molecule has 0 aromatic heterocycles. The minimum atomic E-state index is -0.789. The van der Waals surface area contributed by atoms with E-state index in [1.165, 1.54) is 23.9 Å². The third-order valence-electron chi connectivity index (χ3n) is 3.69. The van der Waals surface area contributed by atoms with Crippen molar-refractivity contribution < 1.29 is 4.39 Å². The third kappa shape index (κ3) is 3.98. The molecule has 0 amide bonds. The molecule has 0 saturated heterocycles. The van der Waals surface area contributed by atoms with Crippen LogP contribution in [0.15, 0.2) is 53.5 Å². The first-order chi connectivity index (χ1) is 11.0. The number of rotatable bonds is 4. The first-order valence-electron chi connectivity index (χ1n) is 7.31. The molecule has 6 heteroatoms. The predicted octanol–water partition coefficient (Wildman–Crippen LogP) is 4.28. The first-order valence-corrected chi connectivity index (χ1v) is 8.67. The Bertz CT molecular complexity index is 720. The molecule has 2 aromatic carbocycles. The maximum Gasteiger partial charge on any atom is 0.162 e. The van der Waals surface area contributed by atoms with Crippen molar-refractivity contribution in [1.29, 1.82) is 0 Å². The normalized spacial score (nSPS) is 20.9. The molecule has 0 aliphatic carbocycles. The van der Waals surface area contributed by atoms with Gasteiger partial charge in [-0.25, -0.2) is 9.38 Å². The van der Waals surface area contributed by atoms with E-state index in [0.29, 0.717) is 11.7 Å². The van der Waals surface area contributed by atoms with E-state index in [1.807, 2.05) is 24.3 Å². The van der Waals surface area contributed by atoms with E-state index in [2.05, 4.69) is 10.3 Å². The van der Waals surface area contributed by atoms with Crippen molar-refractivity contribution in [3.63, 3.8) is 0 Å². The Balaban J connectivity index is 1.75.